The van der Waals surface area contributed by atoms with Gasteiger partial charge in [0.2, 0.25) is 0 Å². The lowest BCUT2D eigenvalue weighted by atomic mass is 10.1. The molecular weight excluding hydrogens is 573 g/mol. The van der Waals surface area contributed by atoms with Crippen molar-refractivity contribution in [1.82, 2.24) is 0 Å². The molecule has 0 aliphatic rings. The van der Waals surface area contributed by atoms with E-state index >= 15 is 0 Å². The molecule has 11 heteroatoms. The summed E-state index contributed by atoms with van der Waals surface area (Å²) in [6.07, 6.45) is 2.64. The average molecular weight is 623 g/mol. The number of aryl methyl sites for hydroxylation is 2. The quantitative estimate of drug-likeness (QED) is 0.0766. The van der Waals surface area contributed by atoms with Gasteiger partial charge in [-0.15, -0.1) is 0 Å². The largest absolute Gasteiger partial charge is 0.519 e. The Morgan fingerprint density at radius 1 is 0.500 bits per heavy atom. The molecule has 0 aliphatic heterocycles. The second-order valence-corrected chi connectivity index (χ2v) is 14.9. The highest BCUT2D eigenvalue weighted by molar-refractivity contribution is 6.61. The fraction of sp³-hybridized carbons (Fsp3) is 0.581. The molecule has 2 aromatic rings. The van der Waals surface area contributed by atoms with Crippen LogP contribution in [0.5, 0.6) is 11.5 Å². The lowest BCUT2D eigenvalue weighted by Gasteiger charge is -2.28. The molecule has 2 rings (SSSR count). The Hall–Kier alpha value is -2.10. The molecule has 9 nitrogen and oxygen atoms in total. The molecule has 0 amide bonds. The van der Waals surface area contributed by atoms with Crippen LogP contribution in [0.2, 0.25) is 12.1 Å². The zero-order chi connectivity index (χ0) is 30.7. The van der Waals surface area contributed by atoms with Gasteiger partial charge in [-0.05, 0) is 103 Å². The molecule has 0 radical (unpaired) electrons. The molecule has 0 saturated carbocycles. The summed E-state index contributed by atoms with van der Waals surface area (Å²) in [7, 11) is -5.29. The van der Waals surface area contributed by atoms with E-state index in [9.17, 15) is 4.79 Å². The molecule has 0 spiro atoms. The number of benzene rings is 2. The van der Waals surface area contributed by atoms with E-state index in [0.717, 1.165) is 48.9 Å². The predicted octanol–water partition coefficient (Wildman–Crippen LogP) is 7.23. The van der Waals surface area contributed by atoms with Gasteiger partial charge in [0.05, 0.1) is 0 Å². The Bertz CT molecular complexity index is 889. The van der Waals surface area contributed by atoms with Gasteiger partial charge >= 0.3 is 23.8 Å². The van der Waals surface area contributed by atoms with E-state index in [4.69, 9.17) is 36.0 Å². The number of carbonyl (C=O) groups excluding carboxylic acids is 1. The van der Waals surface area contributed by atoms with Gasteiger partial charge in [0.25, 0.3) is 0 Å². The third kappa shape index (κ3) is 12.6. The highest BCUT2D eigenvalue weighted by atomic mass is 28.4. The predicted molar refractivity (Wildman–Crippen MR) is 167 cm³/mol. The minimum atomic E-state index is -2.65. The molecule has 0 heterocycles. The van der Waals surface area contributed by atoms with Crippen molar-refractivity contribution in [2.75, 3.05) is 39.6 Å². The zero-order valence-electron chi connectivity index (χ0n) is 26.3. The fourth-order valence-corrected chi connectivity index (χ4v) is 9.91. The Balaban J connectivity index is 1.82. The van der Waals surface area contributed by atoms with Crippen molar-refractivity contribution in [3.63, 3.8) is 0 Å². The van der Waals surface area contributed by atoms with Crippen LogP contribution in [0.1, 0.15) is 65.5 Å². The smallest absolute Gasteiger partial charge is 0.395 e. The van der Waals surface area contributed by atoms with Crippen molar-refractivity contribution >= 4 is 23.8 Å². The van der Waals surface area contributed by atoms with E-state index in [0.29, 0.717) is 51.1 Å². The average Bonchev–Trinajstić information content (AvgIpc) is 2.96. The number of hydrogen-bond acceptors (Lipinski definition) is 9. The van der Waals surface area contributed by atoms with E-state index in [1.807, 2.05) is 65.8 Å². The number of rotatable bonds is 22. The summed E-state index contributed by atoms with van der Waals surface area (Å²) in [5, 5.41) is 0. The molecule has 2 aromatic carbocycles. The first-order chi connectivity index (χ1) is 20.4. The van der Waals surface area contributed by atoms with Crippen LogP contribution >= 0.6 is 0 Å². The van der Waals surface area contributed by atoms with Crippen molar-refractivity contribution in [3.05, 3.63) is 59.7 Å². The lowest BCUT2D eigenvalue weighted by Crippen LogP contribution is -2.46. The standard InChI is InChI=1S/C31H50O9Si2/c1-7-33-41(34-8-2,35-9-3)25-13-15-27-17-21-29(22-18-27)39-31(32)40-30-23-19-28(20-24-30)16-14-26-42(36-10-4,37-11-5)38-12-6/h17-24H,7-16,25-26H2,1-6H3. The van der Waals surface area contributed by atoms with Gasteiger partial charge in [0.1, 0.15) is 11.5 Å². The van der Waals surface area contributed by atoms with Gasteiger partial charge in [-0.3, -0.25) is 0 Å². The van der Waals surface area contributed by atoms with E-state index in [-0.39, 0.29) is 0 Å². The van der Waals surface area contributed by atoms with Crippen LogP contribution in [0.4, 0.5) is 4.79 Å². The van der Waals surface area contributed by atoms with Gasteiger partial charge in [-0.1, -0.05) is 24.3 Å². The van der Waals surface area contributed by atoms with Gasteiger partial charge in [-0.25, -0.2) is 4.79 Å². The molecule has 0 fully saturated rings. The molecule has 0 atom stereocenters. The highest BCUT2D eigenvalue weighted by Crippen LogP contribution is 2.23. The monoisotopic (exact) mass is 622 g/mol. The van der Waals surface area contributed by atoms with Crippen molar-refractivity contribution in [3.8, 4) is 11.5 Å². The molecule has 0 N–H and O–H groups in total. The van der Waals surface area contributed by atoms with E-state index in [2.05, 4.69) is 0 Å². The number of ether oxygens (including phenoxy) is 2. The molecule has 42 heavy (non-hydrogen) atoms. The normalized spacial score (nSPS) is 12.0. The summed E-state index contributed by atoms with van der Waals surface area (Å²) in [6, 6.07) is 16.4. The van der Waals surface area contributed by atoms with Crippen molar-refractivity contribution in [2.24, 2.45) is 0 Å². The van der Waals surface area contributed by atoms with Crippen LogP contribution in [0.25, 0.3) is 0 Å². The molecule has 0 aliphatic carbocycles. The summed E-state index contributed by atoms with van der Waals surface area (Å²) in [6.45, 7) is 15.2. The first kappa shape index (κ1) is 36.1. The van der Waals surface area contributed by atoms with Gasteiger partial charge in [0.15, 0.2) is 0 Å². The molecule has 236 valence electrons. The molecule has 0 unspecified atom stereocenters. The van der Waals surface area contributed by atoms with Crippen LogP contribution in [0, 0.1) is 0 Å². The Morgan fingerprint density at radius 3 is 1.05 bits per heavy atom. The summed E-state index contributed by atoms with van der Waals surface area (Å²) in [4.78, 5) is 12.4. The highest BCUT2D eigenvalue weighted by Gasteiger charge is 2.40. The first-order valence-corrected chi connectivity index (χ1v) is 19.1. The van der Waals surface area contributed by atoms with Crippen molar-refractivity contribution < 1.29 is 40.8 Å². The van der Waals surface area contributed by atoms with Crippen LogP contribution < -0.4 is 9.47 Å². The third-order valence-electron chi connectivity index (χ3n) is 6.33. The second-order valence-electron chi connectivity index (χ2n) is 9.41. The van der Waals surface area contributed by atoms with Crippen molar-refractivity contribution in [1.29, 1.82) is 0 Å². The fourth-order valence-electron chi connectivity index (χ4n) is 4.68. The molecule has 0 bridgehead atoms. The van der Waals surface area contributed by atoms with E-state index in [1.54, 1.807) is 24.3 Å². The van der Waals surface area contributed by atoms with Crippen LogP contribution in [0.3, 0.4) is 0 Å². The number of hydrogen-bond donors (Lipinski definition) is 0. The summed E-state index contributed by atoms with van der Waals surface area (Å²) >= 11 is 0. The summed E-state index contributed by atoms with van der Waals surface area (Å²) in [5.74, 6) is 0.847. The number of carbonyl (C=O) groups is 1. The topological polar surface area (TPSA) is 90.9 Å². The molecular formula is C31H50O9Si2. The van der Waals surface area contributed by atoms with E-state index < -0.39 is 23.8 Å². The Kier molecular flexibility index (Phi) is 17.2. The maximum absolute atomic E-state index is 12.4. The minimum Gasteiger partial charge on any atom is -0.395 e. The van der Waals surface area contributed by atoms with Crippen molar-refractivity contribution in [2.45, 2.75) is 79.3 Å². The Labute approximate surface area is 254 Å². The maximum atomic E-state index is 12.4. The SMILES string of the molecule is CCO[Si](CCCc1ccc(OC(=O)Oc2ccc(CCC[Si](OCC)(OCC)OCC)cc2)cc1)(OCC)OCC. The summed E-state index contributed by atoms with van der Waals surface area (Å²) in [5.41, 5.74) is 2.25. The first-order valence-electron chi connectivity index (χ1n) is 15.3. The Morgan fingerprint density at radius 2 is 0.786 bits per heavy atom. The summed E-state index contributed by atoms with van der Waals surface area (Å²) < 4.78 is 46.3. The van der Waals surface area contributed by atoms with Gasteiger partial charge in [-0.2, -0.15) is 0 Å². The third-order valence-corrected chi connectivity index (χ3v) is 12.6. The zero-order valence-corrected chi connectivity index (χ0v) is 28.3. The maximum Gasteiger partial charge on any atom is 0.519 e. The molecule has 0 saturated heterocycles. The minimum absolute atomic E-state index is 0.424. The lowest BCUT2D eigenvalue weighted by molar-refractivity contribution is 0.0700. The molecule has 0 aromatic heterocycles. The van der Waals surface area contributed by atoms with Gasteiger partial charge < -0.3 is 36.0 Å². The van der Waals surface area contributed by atoms with Crippen LogP contribution in [-0.4, -0.2) is 63.4 Å². The van der Waals surface area contributed by atoms with Gasteiger partial charge in [0, 0.05) is 51.7 Å². The van der Waals surface area contributed by atoms with Crippen LogP contribution in [-0.2, 0) is 39.4 Å². The second kappa shape index (κ2) is 20.0. The van der Waals surface area contributed by atoms with E-state index in [1.165, 1.54) is 0 Å². The van der Waals surface area contributed by atoms with Crippen LogP contribution in [0.15, 0.2) is 48.5 Å².